The Kier molecular flexibility index (Phi) is 6.72. The van der Waals surface area contributed by atoms with Gasteiger partial charge >= 0.3 is 6.18 Å². The summed E-state index contributed by atoms with van der Waals surface area (Å²) in [5, 5.41) is 1.81. The zero-order valence-corrected chi connectivity index (χ0v) is 18.8. The third kappa shape index (κ3) is 5.24. The van der Waals surface area contributed by atoms with Gasteiger partial charge in [0.2, 0.25) is 0 Å². The Bertz CT molecular complexity index is 1100. The van der Waals surface area contributed by atoms with Gasteiger partial charge in [0, 0.05) is 0 Å². The largest absolute Gasteiger partial charge is 0.405 e. The first-order valence-corrected chi connectivity index (χ1v) is 10.8. The molecular weight excluding hydrogens is 482 g/mol. The maximum absolute atomic E-state index is 13.7. The summed E-state index contributed by atoms with van der Waals surface area (Å²) in [4.78, 5) is 5.89. The van der Waals surface area contributed by atoms with Gasteiger partial charge in [-0.05, 0) is 46.5 Å². The lowest BCUT2D eigenvalue weighted by molar-refractivity contribution is -0.139. The van der Waals surface area contributed by atoms with Crippen molar-refractivity contribution < 1.29 is 18.0 Å². The predicted molar refractivity (Wildman–Crippen MR) is 122 cm³/mol. The lowest BCUT2D eigenvalue weighted by Gasteiger charge is -2.18. The second kappa shape index (κ2) is 9.36. The fourth-order valence-corrected chi connectivity index (χ4v) is 4.14. The molecule has 0 saturated heterocycles. The fraction of sp³-hybridized carbons (Fsp3) is 0.167. The Morgan fingerprint density at radius 3 is 1.97 bits per heavy atom. The van der Waals surface area contributed by atoms with Gasteiger partial charge in [0.25, 0.3) is 0 Å². The second-order valence-corrected chi connectivity index (χ2v) is 8.60. The van der Waals surface area contributed by atoms with Gasteiger partial charge in [-0.2, -0.15) is 13.2 Å². The number of alkyl halides is 3. The molecule has 1 atom stereocenters. The summed E-state index contributed by atoms with van der Waals surface area (Å²) >= 11 is 17.7. The van der Waals surface area contributed by atoms with Crippen molar-refractivity contribution >= 4 is 40.9 Å². The van der Waals surface area contributed by atoms with E-state index in [0.717, 1.165) is 6.08 Å². The van der Waals surface area contributed by atoms with Crippen LogP contribution in [0.5, 0.6) is 5.75 Å². The number of benzene rings is 3. The fourth-order valence-electron chi connectivity index (χ4n) is 3.53. The topological polar surface area (TPSA) is 12.5 Å². The molecule has 32 heavy (non-hydrogen) atoms. The summed E-state index contributed by atoms with van der Waals surface area (Å²) in [5.41, 5.74) is 2.95. The van der Waals surface area contributed by atoms with Crippen molar-refractivity contribution in [2.75, 3.05) is 0 Å². The lowest BCUT2D eigenvalue weighted by Crippen LogP contribution is -2.20. The molecule has 0 spiro atoms. The number of rotatable bonds is 5. The summed E-state index contributed by atoms with van der Waals surface area (Å²) in [6.45, 7) is 1.36. The van der Waals surface area contributed by atoms with Crippen LogP contribution in [0.3, 0.4) is 0 Å². The Labute approximate surface area is 198 Å². The highest BCUT2D eigenvalue weighted by Crippen LogP contribution is 2.41. The van der Waals surface area contributed by atoms with Crippen molar-refractivity contribution in [1.82, 2.24) is 5.06 Å². The molecule has 0 aromatic heterocycles. The van der Waals surface area contributed by atoms with E-state index in [2.05, 4.69) is 12.1 Å². The second-order valence-electron chi connectivity index (χ2n) is 7.40. The standard InChI is InChI=1S/C24H17Cl3F3NO/c25-21-11-18(12-22(26)23(21)27)20(24(28,29)30)10-7-15-5-8-19(9-6-15)32-31-13-16-3-1-2-4-17(16)14-31/h1-12,20H,13-14H2/b10-7+. The van der Waals surface area contributed by atoms with Crippen LogP contribution in [0.2, 0.25) is 15.1 Å². The van der Waals surface area contributed by atoms with Crippen LogP contribution in [0, 0.1) is 0 Å². The first-order chi connectivity index (χ1) is 15.2. The van der Waals surface area contributed by atoms with Gasteiger partial charge in [0.05, 0.1) is 34.1 Å². The van der Waals surface area contributed by atoms with Crippen LogP contribution >= 0.6 is 34.8 Å². The Balaban J connectivity index is 1.47. The molecule has 1 aliphatic rings. The number of fused-ring (bicyclic) bond motifs is 1. The van der Waals surface area contributed by atoms with Gasteiger partial charge in [-0.3, -0.25) is 0 Å². The van der Waals surface area contributed by atoms with Crippen molar-refractivity contribution in [1.29, 1.82) is 0 Å². The highest BCUT2D eigenvalue weighted by atomic mass is 35.5. The van der Waals surface area contributed by atoms with Gasteiger partial charge < -0.3 is 4.84 Å². The SMILES string of the molecule is FC(F)(F)C(/C=C/c1ccc(ON2Cc3ccccc3C2)cc1)c1cc(Cl)c(Cl)c(Cl)c1. The molecule has 3 aromatic carbocycles. The molecule has 1 unspecified atom stereocenters. The number of nitrogens with zero attached hydrogens (tertiary/aromatic N) is 1. The number of hydrogen-bond donors (Lipinski definition) is 0. The minimum Gasteiger partial charge on any atom is -0.405 e. The normalized spacial score (nSPS) is 15.2. The van der Waals surface area contributed by atoms with E-state index in [1.165, 1.54) is 29.3 Å². The van der Waals surface area contributed by atoms with Gasteiger partial charge in [0.15, 0.2) is 0 Å². The zero-order valence-electron chi connectivity index (χ0n) is 16.5. The van der Waals surface area contributed by atoms with E-state index in [1.807, 2.05) is 17.2 Å². The van der Waals surface area contributed by atoms with Crippen LogP contribution in [0.25, 0.3) is 6.08 Å². The van der Waals surface area contributed by atoms with Gasteiger partial charge in [-0.25, -0.2) is 0 Å². The number of allylic oxidation sites excluding steroid dienone is 1. The van der Waals surface area contributed by atoms with E-state index >= 15 is 0 Å². The maximum Gasteiger partial charge on any atom is 0.399 e. The van der Waals surface area contributed by atoms with Crippen molar-refractivity contribution in [3.63, 3.8) is 0 Å². The molecule has 0 amide bonds. The van der Waals surface area contributed by atoms with Gasteiger partial charge in [-0.15, -0.1) is 5.06 Å². The molecule has 2 nitrogen and oxygen atoms in total. The molecule has 166 valence electrons. The molecule has 1 heterocycles. The number of hydrogen-bond acceptors (Lipinski definition) is 2. The maximum atomic E-state index is 13.7. The average Bonchev–Trinajstić information content (AvgIpc) is 3.14. The van der Waals surface area contributed by atoms with Crippen LogP contribution in [0.1, 0.15) is 28.2 Å². The summed E-state index contributed by atoms with van der Waals surface area (Å²) < 4.78 is 41.0. The molecular formula is C24H17Cl3F3NO. The monoisotopic (exact) mass is 497 g/mol. The third-order valence-electron chi connectivity index (χ3n) is 5.13. The molecule has 4 rings (SSSR count). The van der Waals surface area contributed by atoms with Gasteiger partial charge in [0.1, 0.15) is 5.75 Å². The molecule has 0 aliphatic carbocycles. The van der Waals surface area contributed by atoms with E-state index in [4.69, 9.17) is 39.6 Å². The van der Waals surface area contributed by atoms with Crippen LogP contribution in [0.4, 0.5) is 13.2 Å². The quantitative estimate of drug-likeness (QED) is 0.328. The highest BCUT2D eigenvalue weighted by molar-refractivity contribution is 6.48. The van der Waals surface area contributed by atoms with Crippen LogP contribution in [-0.2, 0) is 13.1 Å². The number of hydroxylamine groups is 2. The molecule has 0 fully saturated rings. The predicted octanol–water partition coefficient (Wildman–Crippen LogP) is 8.32. The van der Waals surface area contributed by atoms with Crippen LogP contribution in [-0.4, -0.2) is 11.2 Å². The Morgan fingerprint density at radius 1 is 0.875 bits per heavy atom. The zero-order chi connectivity index (χ0) is 22.9. The number of halogens is 6. The first kappa shape index (κ1) is 23.0. The smallest absolute Gasteiger partial charge is 0.399 e. The molecule has 3 aromatic rings. The van der Waals surface area contributed by atoms with E-state index in [9.17, 15) is 13.2 Å². The molecule has 0 saturated carbocycles. The van der Waals surface area contributed by atoms with Crippen molar-refractivity contribution in [3.05, 3.63) is 104 Å². The van der Waals surface area contributed by atoms with E-state index in [0.29, 0.717) is 24.4 Å². The highest BCUT2D eigenvalue weighted by Gasteiger charge is 2.39. The molecule has 0 N–H and O–H groups in total. The summed E-state index contributed by atoms with van der Waals surface area (Å²) in [5.74, 6) is -1.27. The summed E-state index contributed by atoms with van der Waals surface area (Å²) in [7, 11) is 0. The average molecular weight is 499 g/mol. The van der Waals surface area contributed by atoms with E-state index in [1.54, 1.807) is 24.3 Å². The van der Waals surface area contributed by atoms with Crippen LogP contribution in [0.15, 0.2) is 66.7 Å². The van der Waals surface area contributed by atoms with Crippen molar-refractivity contribution in [2.24, 2.45) is 0 Å². The Hall–Kier alpha value is -2.18. The summed E-state index contributed by atoms with van der Waals surface area (Å²) in [6, 6.07) is 17.3. The summed E-state index contributed by atoms with van der Waals surface area (Å²) in [6.07, 6.45) is -2.04. The molecule has 0 radical (unpaired) electrons. The van der Waals surface area contributed by atoms with E-state index < -0.39 is 12.1 Å². The minimum atomic E-state index is -4.52. The molecule has 8 heteroatoms. The van der Waals surface area contributed by atoms with Gasteiger partial charge in [-0.1, -0.05) is 83.4 Å². The van der Waals surface area contributed by atoms with E-state index in [-0.39, 0.29) is 20.6 Å². The molecule has 0 bridgehead atoms. The third-order valence-corrected chi connectivity index (χ3v) is 6.32. The van der Waals surface area contributed by atoms with Crippen molar-refractivity contribution in [2.45, 2.75) is 25.2 Å². The van der Waals surface area contributed by atoms with Crippen molar-refractivity contribution in [3.8, 4) is 5.75 Å². The minimum absolute atomic E-state index is 0.0256. The lowest BCUT2D eigenvalue weighted by atomic mass is 9.97. The van der Waals surface area contributed by atoms with Crippen LogP contribution < -0.4 is 4.84 Å². The first-order valence-electron chi connectivity index (χ1n) is 9.70. The molecule has 1 aliphatic heterocycles. The Morgan fingerprint density at radius 2 is 1.44 bits per heavy atom.